The molecule has 0 fully saturated rings. The molecule has 0 saturated carbocycles. The molecule has 0 aliphatic heterocycles. The SMILES string of the molecule is O=C(NCCc1ccccc1)C(=O)N/N=C\c1cc(Br)ccc1OCc1ccccc1Cl. The Morgan fingerprint density at radius 2 is 1.75 bits per heavy atom. The Hall–Kier alpha value is -3.16. The molecule has 32 heavy (non-hydrogen) atoms. The third-order valence-corrected chi connectivity index (χ3v) is 5.29. The van der Waals surface area contributed by atoms with E-state index in [9.17, 15) is 9.59 Å². The summed E-state index contributed by atoms with van der Waals surface area (Å²) >= 11 is 9.58. The Morgan fingerprint density at radius 3 is 2.53 bits per heavy atom. The number of amides is 2. The Kier molecular flexibility index (Phi) is 8.83. The molecule has 3 rings (SSSR count). The average Bonchev–Trinajstić information content (AvgIpc) is 2.80. The maximum atomic E-state index is 12.0. The first kappa shape index (κ1) is 23.5. The van der Waals surface area contributed by atoms with Crippen molar-refractivity contribution < 1.29 is 14.3 Å². The van der Waals surface area contributed by atoms with Crippen molar-refractivity contribution >= 4 is 45.6 Å². The van der Waals surface area contributed by atoms with Gasteiger partial charge in [-0.1, -0.05) is 76.1 Å². The maximum absolute atomic E-state index is 12.0. The van der Waals surface area contributed by atoms with Gasteiger partial charge in [0.15, 0.2) is 0 Å². The van der Waals surface area contributed by atoms with Crippen LogP contribution >= 0.6 is 27.5 Å². The van der Waals surface area contributed by atoms with E-state index in [4.69, 9.17) is 16.3 Å². The minimum absolute atomic E-state index is 0.276. The lowest BCUT2D eigenvalue weighted by molar-refractivity contribution is -0.139. The van der Waals surface area contributed by atoms with Gasteiger partial charge in [-0.15, -0.1) is 0 Å². The van der Waals surface area contributed by atoms with Gasteiger partial charge in [-0.3, -0.25) is 9.59 Å². The fourth-order valence-corrected chi connectivity index (χ4v) is 3.35. The van der Waals surface area contributed by atoms with Crippen LogP contribution in [0.4, 0.5) is 0 Å². The van der Waals surface area contributed by atoms with Crippen LogP contribution in [0, 0.1) is 0 Å². The number of nitrogens with zero attached hydrogens (tertiary/aromatic N) is 1. The van der Waals surface area contributed by atoms with Gasteiger partial charge in [-0.25, -0.2) is 5.43 Å². The van der Waals surface area contributed by atoms with Crippen LogP contribution < -0.4 is 15.5 Å². The van der Waals surface area contributed by atoms with Gasteiger partial charge in [0.25, 0.3) is 0 Å². The first-order valence-electron chi connectivity index (χ1n) is 9.84. The second-order valence-electron chi connectivity index (χ2n) is 6.75. The fraction of sp³-hybridized carbons (Fsp3) is 0.125. The summed E-state index contributed by atoms with van der Waals surface area (Å²) in [5.41, 5.74) is 4.78. The van der Waals surface area contributed by atoms with Gasteiger partial charge < -0.3 is 10.1 Å². The van der Waals surface area contributed by atoms with Crippen LogP contribution in [0.2, 0.25) is 5.02 Å². The van der Waals surface area contributed by atoms with E-state index >= 15 is 0 Å². The molecule has 0 aliphatic carbocycles. The van der Waals surface area contributed by atoms with E-state index in [-0.39, 0.29) is 6.61 Å². The topological polar surface area (TPSA) is 79.8 Å². The zero-order chi connectivity index (χ0) is 22.8. The van der Waals surface area contributed by atoms with Crippen LogP contribution in [0.5, 0.6) is 5.75 Å². The number of nitrogens with one attached hydrogen (secondary N) is 2. The summed E-state index contributed by atoms with van der Waals surface area (Å²) < 4.78 is 6.68. The van der Waals surface area contributed by atoms with Gasteiger partial charge in [-0.05, 0) is 36.2 Å². The van der Waals surface area contributed by atoms with Crippen LogP contribution in [0.1, 0.15) is 16.7 Å². The number of hydrazone groups is 1. The molecule has 8 heteroatoms. The monoisotopic (exact) mass is 513 g/mol. The molecule has 0 atom stereocenters. The van der Waals surface area contributed by atoms with E-state index < -0.39 is 11.8 Å². The van der Waals surface area contributed by atoms with Gasteiger partial charge >= 0.3 is 11.8 Å². The standard InChI is InChI=1S/C24H21BrClN3O3/c25-20-10-11-22(32-16-18-8-4-5-9-21(18)26)19(14-20)15-28-29-24(31)23(30)27-13-12-17-6-2-1-3-7-17/h1-11,14-15H,12-13,16H2,(H,27,30)(H,29,31)/b28-15-. The second-order valence-corrected chi connectivity index (χ2v) is 8.08. The van der Waals surface area contributed by atoms with Crippen LogP contribution in [-0.2, 0) is 22.6 Å². The summed E-state index contributed by atoms with van der Waals surface area (Å²) in [6.07, 6.45) is 2.05. The summed E-state index contributed by atoms with van der Waals surface area (Å²) in [7, 11) is 0. The minimum Gasteiger partial charge on any atom is -0.488 e. The molecule has 2 N–H and O–H groups in total. The van der Waals surface area contributed by atoms with E-state index in [2.05, 4.69) is 31.8 Å². The molecule has 0 aliphatic rings. The number of benzene rings is 3. The van der Waals surface area contributed by atoms with Crippen molar-refractivity contribution in [2.45, 2.75) is 13.0 Å². The zero-order valence-electron chi connectivity index (χ0n) is 17.1. The summed E-state index contributed by atoms with van der Waals surface area (Å²) in [6, 6.07) is 22.5. The third-order valence-electron chi connectivity index (χ3n) is 4.43. The van der Waals surface area contributed by atoms with Crippen LogP contribution in [0.3, 0.4) is 0 Å². The average molecular weight is 515 g/mol. The van der Waals surface area contributed by atoms with Gasteiger partial charge in [0, 0.05) is 27.2 Å². The summed E-state index contributed by atoms with van der Waals surface area (Å²) in [6.45, 7) is 0.629. The fourth-order valence-electron chi connectivity index (χ4n) is 2.78. The zero-order valence-corrected chi connectivity index (χ0v) is 19.4. The highest BCUT2D eigenvalue weighted by atomic mass is 79.9. The number of hydrogen-bond donors (Lipinski definition) is 2. The number of carbonyl (C=O) groups is 2. The molecular weight excluding hydrogens is 494 g/mol. The van der Waals surface area contributed by atoms with E-state index in [1.807, 2.05) is 54.6 Å². The highest BCUT2D eigenvalue weighted by Crippen LogP contribution is 2.24. The maximum Gasteiger partial charge on any atom is 0.329 e. The van der Waals surface area contributed by atoms with Gasteiger partial charge in [-0.2, -0.15) is 5.10 Å². The predicted octanol–water partition coefficient (Wildman–Crippen LogP) is 4.49. The first-order valence-corrected chi connectivity index (χ1v) is 11.0. The van der Waals surface area contributed by atoms with E-state index in [0.717, 1.165) is 15.6 Å². The minimum atomic E-state index is -0.845. The van der Waals surface area contributed by atoms with Crippen molar-refractivity contribution in [1.29, 1.82) is 0 Å². The molecule has 0 saturated heterocycles. The van der Waals surface area contributed by atoms with Gasteiger partial charge in [0.05, 0.1) is 6.21 Å². The quantitative estimate of drug-likeness (QED) is 0.264. The lowest BCUT2D eigenvalue weighted by atomic mass is 10.1. The highest BCUT2D eigenvalue weighted by molar-refractivity contribution is 9.10. The van der Waals surface area contributed by atoms with Crippen LogP contribution in [0.15, 0.2) is 82.4 Å². The van der Waals surface area contributed by atoms with Gasteiger partial charge in [0.1, 0.15) is 12.4 Å². The predicted molar refractivity (Wildman–Crippen MR) is 129 cm³/mol. The second kappa shape index (κ2) is 12.0. The Morgan fingerprint density at radius 1 is 1.00 bits per heavy atom. The molecule has 0 aromatic heterocycles. The third kappa shape index (κ3) is 7.21. The molecule has 164 valence electrons. The Balaban J connectivity index is 1.53. The van der Waals surface area contributed by atoms with E-state index in [1.165, 1.54) is 6.21 Å². The molecule has 0 bridgehead atoms. The molecule has 3 aromatic rings. The Labute approximate surface area is 199 Å². The van der Waals surface area contributed by atoms with Crippen LogP contribution in [-0.4, -0.2) is 24.6 Å². The lowest BCUT2D eigenvalue weighted by Gasteiger charge is -2.10. The largest absolute Gasteiger partial charge is 0.488 e. The number of halogens is 2. The van der Waals surface area contributed by atoms with Crippen molar-refractivity contribution in [1.82, 2.24) is 10.7 Å². The normalized spacial score (nSPS) is 10.7. The first-order chi connectivity index (χ1) is 15.5. The lowest BCUT2D eigenvalue weighted by Crippen LogP contribution is -2.38. The number of hydrogen-bond acceptors (Lipinski definition) is 4. The highest BCUT2D eigenvalue weighted by Gasteiger charge is 2.12. The van der Waals surface area contributed by atoms with Crippen molar-refractivity contribution in [2.24, 2.45) is 5.10 Å². The molecular formula is C24H21BrClN3O3. The molecule has 6 nitrogen and oxygen atoms in total. The molecule has 3 aromatic carbocycles. The summed E-state index contributed by atoms with van der Waals surface area (Å²) in [4.78, 5) is 23.9. The molecule has 0 unspecified atom stereocenters. The van der Waals surface area contributed by atoms with Crippen molar-refractivity contribution in [2.75, 3.05) is 6.54 Å². The number of ether oxygens (including phenoxy) is 1. The van der Waals surface area contributed by atoms with Crippen molar-refractivity contribution in [3.63, 3.8) is 0 Å². The molecule has 0 radical (unpaired) electrons. The molecule has 0 heterocycles. The smallest absolute Gasteiger partial charge is 0.329 e. The molecule has 0 spiro atoms. The Bertz CT molecular complexity index is 1110. The van der Waals surface area contributed by atoms with E-state index in [0.29, 0.717) is 29.3 Å². The van der Waals surface area contributed by atoms with Crippen LogP contribution in [0.25, 0.3) is 0 Å². The summed E-state index contributed by atoms with van der Waals surface area (Å²) in [5, 5.41) is 7.08. The number of rotatable bonds is 8. The van der Waals surface area contributed by atoms with Crippen molar-refractivity contribution in [3.05, 3.63) is 99.0 Å². The van der Waals surface area contributed by atoms with E-state index in [1.54, 1.807) is 18.2 Å². The van der Waals surface area contributed by atoms with Gasteiger partial charge in [0.2, 0.25) is 0 Å². The summed E-state index contributed by atoms with van der Waals surface area (Å²) in [5.74, 6) is -1.04. The van der Waals surface area contributed by atoms with Crippen molar-refractivity contribution in [3.8, 4) is 5.75 Å². The number of carbonyl (C=O) groups excluding carboxylic acids is 2. The molecule has 2 amide bonds.